The van der Waals surface area contributed by atoms with E-state index in [1.165, 1.54) is 17.7 Å². The maximum absolute atomic E-state index is 12.3. The summed E-state index contributed by atoms with van der Waals surface area (Å²) in [4.78, 5) is 0. The molecule has 0 unspecified atom stereocenters. The Morgan fingerprint density at radius 3 is 1.51 bits per heavy atom. The van der Waals surface area contributed by atoms with Gasteiger partial charge in [-0.25, -0.2) is 0 Å². The molecule has 0 saturated heterocycles. The minimum atomic E-state index is -4.32. The predicted molar refractivity (Wildman–Crippen MR) is 141 cm³/mol. The Hall–Kier alpha value is -2.61. The Balaban J connectivity index is 0.000000521. The Labute approximate surface area is 211 Å². The van der Waals surface area contributed by atoms with Gasteiger partial charge in [-0.1, -0.05) is 39.0 Å². The van der Waals surface area contributed by atoms with Gasteiger partial charge in [0.1, 0.15) is 22.7 Å². The molecular formula is C30H43F3O2. The second kappa shape index (κ2) is 13.5. The first kappa shape index (κ1) is 32.4. The van der Waals surface area contributed by atoms with Crippen LogP contribution >= 0.6 is 0 Å². The number of halogens is 3. The first-order chi connectivity index (χ1) is 15.7. The first-order valence-corrected chi connectivity index (χ1v) is 11.7. The molecule has 0 radical (unpaired) electrons. The van der Waals surface area contributed by atoms with E-state index in [0.29, 0.717) is 5.41 Å². The highest BCUT2D eigenvalue weighted by Gasteiger charge is 2.30. The molecule has 0 heterocycles. The summed E-state index contributed by atoms with van der Waals surface area (Å²) in [6, 6.07) is 13.0. The molecule has 0 aromatic heterocycles. The number of hydrogen-bond donors (Lipinski definition) is 0. The Morgan fingerprint density at radius 1 is 0.714 bits per heavy atom. The molecule has 0 bridgehead atoms. The van der Waals surface area contributed by atoms with Crippen molar-refractivity contribution < 1.29 is 22.6 Å². The minimum absolute atomic E-state index is 0.103. The summed E-state index contributed by atoms with van der Waals surface area (Å²) in [6.07, 6.45) is -3.32. The molecule has 2 nitrogen and oxygen atoms in total. The number of rotatable bonds is 2. The number of aryl methyl sites for hydroxylation is 1. The average Bonchev–Trinajstić information content (AvgIpc) is 2.64. The lowest BCUT2D eigenvalue weighted by Crippen LogP contribution is -2.23. The van der Waals surface area contributed by atoms with E-state index in [2.05, 4.69) is 66.4 Å². The van der Waals surface area contributed by atoms with Gasteiger partial charge in [-0.3, -0.25) is 0 Å². The van der Waals surface area contributed by atoms with E-state index in [4.69, 9.17) is 9.47 Å². The van der Waals surface area contributed by atoms with Crippen LogP contribution in [0.3, 0.4) is 0 Å². The average molecular weight is 493 g/mol. The van der Waals surface area contributed by atoms with Gasteiger partial charge in [-0.2, -0.15) is 13.2 Å². The van der Waals surface area contributed by atoms with Crippen LogP contribution in [-0.4, -0.2) is 11.2 Å². The van der Waals surface area contributed by atoms with E-state index in [9.17, 15) is 13.2 Å². The van der Waals surface area contributed by atoms with Crippen molar-refractivity contribution in [3.63, 3.8) is 0 Å². The third-order valence-corrected chi connectivity index (χ3v) is 3.79. The lowest BCUT2D eigenvalue weighted by Gasteiger charge is -2.21. The van der Waals surface area contributed by atoms with E-state index < -0.39 is 17.3 Å². The van der Waals surface area contributed by atoms with Crippen LogP contribution in [0.4, 0.5) is 13.2 Å². The van der Waals surface area contributed by atoms with Crippen LogP contribution in [0.5, 0.6) is 11.5 Å². The topological polar surface area (TPSA) is 18.5 Å². The zero-order valence-electron chi connectivity index (χ0n) is 23.3. The molecule has 0 amide bonds. The van der Waals surface area contributed by atoms with E-state index in [-0.39, 0.29) is 11.4 Å². The summed E-state index contributed by atoms with van der Waals surface area (Å²) < 4.78 is 48.1. The largest absolute Gasteiger partial charge is 0.488 e. The number of benzene rings is 2. The van der Waals surface area contributed by atoms with Crippen LogP contribution in [0, 0.1) is 24.2 Å². The van der Waals surface area contributed by atoms with Crippen LogP contribution < -0.4 is 9.47 Å². The second-order valence-corrected chi connectivity index (χ2v) is 11.4. The standard InChI is InChI=1S/C11H13F3O.C11H16O.C8H14/c1-10(2,3)15-9-6-4-5-8(7-9)11(12,13)14;1-9-6-5-7-10(8-9)12-11(2,3)4;1-5-6-7-8(2,3)4/h4-7H,1-3H3;5-8H,1-4H3;7H2,1-4H3. The first-order valence-electron chi connectivity index (χ1n) is 11.7. The van der Waals surface area contributed by atoms with Gasteiger partial charge in [0.2, 0.25) is 0 Å². The van der Waals surface area contributed by atoms with E-state index >= 15 is 0 Å². The van der Waals surface area contributed by atoms with E-state index in [1.54, 1.807) is 20.8 Å². The van der Waals surface area contributed by atoms with Gasteiger partial charge >= 0.3 is 6.18 Å². The van der Waals surface area contributed by atoms with Gasteiger partial charge in [0, 0.05) is 6.42 Å². The summed E-state index contributed by atoms with van der Waals surface area (Å²) >= 11 is 0. The van der Waals surface area contributed by atoms with Crippen molar-refractivity contribution in [3.05, 3.63) is 59.7 Å². The van der Waals surface area contributed by atoms with Gasteiger partial charge in [-0.15, -0.1) is 11.8 Å². The van der Waals surface area contributed by atoms with Crippen molar-refractivity contribution in [2.45, 2.75) is 100.0 Å². The fourth-order valence-electron chi connectivity index (χ4n) is 2.48. The number of alkyl halides is 3. The number of hydrogen-bond acceptors (Lipinski definition) is 2. The predicted octanol–water partition coefficient (Wildman–Crippen LogP) is 9.50. The molecule has 0 aliphatic heterocycles. The fraction of sp³-hybridized carbons (Fsp3) is 0.533. The van der Waals surface area contributed by atoms with Crippen LogP contribution in [0.25, 0.3) is 0 Å². The monoisotopic (exact) mass is 492 g/mol. The molecular weight excluding hydrogens is 449 g/mol. The fourth-order valence-corrected chi connectivity index (χ4v) is 2.48. The third-order valence-electron chi connectivity index (χ3n) is 3.79. The highest BCUT2D eigenvalue weighted by molar-refractivity contribution is 5.30. The minimum Gasteiger partial charge on any atom is -0.488 e. The van der Waals surface area contributed by atoms with Crippen LogP contribution in [0.15, 0.2) is 48.5 Å². The summed E-state index contributed by atoms with van der Waals surface area (Å²) in [5.74, 6) is 7.09. The van der Waals surface area contributed by atoms with Crippen molar-refractivity contribution in [2.75, 3.05) is 0 Å². The third kappa shape index (κ3) is 18.4. The van der Waals surface area contributed by atoms with Crippen molar-refractivity contribution in [1.82, 2.24) is 0 Å². The molecule has 35 heavy (non-hydrogen) atoms. The smallest absolute Gasteiger partial charge is 0.416 e. The molecule has 2 aromatic rings. The summed E-state index contributed by atoms with van der Waals surface area (Å²) in [5.41, 5.74) is 0.321. The van der Waals surface area contributed by atoms with Crippen molar-refractivity contribution in [2.24, 2.45) is 5.41 Å². The zero-order chi connectivity index (χ0) is 27.5. The van der Waals surface area contributed by atoms with Crippen LogP contribution in [-0.2, 0) is 6.18 Å². The molecule has 0 fully saturated rings. The van der Waals surface area contributed by atoms with Gasteiger partial charge in [0.25, 0.3) is 0 Å². The molecule has 0 atom stereocenters. The molecule has 0 N–H and O–H groups in total. The molecule has 5 heteroatoms. The molecule has 2 rings (SSSR count). The maximum Gasteiger partial charge on any atom is 0.416 e. The molecule has 2 aromatic carbocycles. The van der Waals surface area contributed by atoms with E-state index in [1.807, 2.05) is 25.1 Å². The van der Waals surface area contributed by atoms with Crippen molar-refractivity contribution in [3.8, 4) is 23.3 Å². The van der Waals surface area contributed by atoms with Crippen molar-refractivity contribution >= 4 is 0 Å². The molecule has 196 valence electrons. The lowest BCUT2D eigenvalue weighted by molar-refractivity contribution is -0.137. The number of ether oxygens (including phenoxy) is 2. The summed E-state index contributed by atoms with van der Waals surface area (Å²) in [7, 11) is 0. The van der Waals surface area contributed by atoms with Crippen molar-refractivity contribution in [1.29, 1.82) is 0 Å². The Kier molecular flexibility index (Phi) is 12.5. The maximum atomic E-state index is 12.3. The summed E-state index contributed by atoms with van der Waals surface area (Å²) in [5, 5.41) is 0. The normalized spacial score (nSPS) is 11.6. The van der Waals surface area contributed by atoms with E-state index in [0.717, 1.165) is 24.3 Å². The molecule has 0 aliphatic carbocycles. The lowest BCUT2D eigenvalue weighted by atomic mass is 9.93. The Morgan fingerprint density at radius 2 is 1.17 bits per heavy atom. The molecule has 0 spiro atoms. The quantitative estimate of drug-likeness (QED) is 0.389. The second-order valence-electron chi connectivity index (χ2n) is 11.4. The Bertz CT molecular complexity index is 945. The SMILES string of the molecule is CC#CCC(C)(C)C.CC(C)(C)Oc1cccc(C(F)(F)F)c1.Cc1cccc(OC(C)(C)C)c1. The van der Waals surface area contributed by atoms with Gasteiger partial charge in [0.05, 0.1) is 5.56 Å². The highest BCUT2D eigenvalue weighted by Crippen LogP contribution is 2.32. The van der Waals surface area contributed by atoms with Gasteiger partial charge in [0.15, 0.2) is 0 Å². The molecule has 0 saturated carbocycles. The zero-order valence-corrected chi connectivity index (χ0v) is 23.3. The molecule has 0 aliphatic rings. The summed E-state index contributed by atoms with van der Waals surface area (Å²) in [6.45, 7) is 22.0. The van der Waals surface area contributed by atoms with Gasteiger partial charge in [-0.05, 0) is 96.7 Å². The van der Waals surface area contributed by atoms with Gasteiger partial charge < -0.3 is 9.47 Å². The van der Waals surface area contributed by atoms with Crippen LogP contribution in [0.1, 0.15) is 86.8 Å². The van der Waals surface area contributed by atoms with Crippen LogP contribution in [0.2, 0.25) is 0 Å². The highest BCUT2D eigenvalue weighted by atomic mass is 19.4.